The van der Waals surface area contributed by atoms with Crippen LogP contribution in [0.3, 0.4) is 0 Å². The van der Waals surface area contributed by atoms with Crippen LogP contribution in [0.5, 0.6) is 0 Å². The molecule has 0 radical (unpaired) electrons. The van der Waals surface area contributed by atoms with Crippen molar-refractivity contribution >= 4 is 11.9 Å². The van der Waals surface area contributed by atoms with Gasteiger partial charge in [-0.05, 0) is 50.2 Å². The van der Waals surface area contributed by atoms with Crippen LogP contribution in [-0.4, -0.2) is 48.1 Å². The minimum atomic E-state index is -0.984. The van der Waals surface area contributed by atoms with Gasteiger partial charge in [0.15, 0.2) is 0 Å². The van der Waals surface area contributed by atoms with Crippen LogP contribution in [0.2, 0.25) is 0 Å². The fourth-order valence-electron chi connectivity index (χ4n) is 2.38. The van der Waals surface area contributed by atoms with Gasteiger partial charge in [0, 0.05) is 18.7 Å². The number of hydrogen-bond acceptors (Lipinski definition) is 3. The van der Waals surface area contributed by atoms with Gasteiger partial charge in [-0.3, -0.25) is 4.79 Å². The molecule has 2 N–H and O–H groups in total. The summed E-state index contributed by atoms with van der Waals surface area (Å²) in [6.07, 6.45) is 3.79. The quantitative estimate of drug-likeness (QED) is 0.857. The van der Waals surface area contributed by atoms with Gasteiger partial charge in [0.25, 0.3) is 5.91 Å². The van der Waals surface area contributed by atoms with Gasteiger partial charge in [0.05, 0.1) is 5.56 Å². The average Bonchev–Trinajstić information content (AvgIpc) is 2.48. The molecule has 1 amide bonds. The highest BCUT2D eigenvalue weighted by molar-refractivity contribution is 5.95. The number of aromatic carboxylic acids is 1. The molecule has 1 aliphatic heterocycles. The van der Waals surface area contributed by atoms with E-state index in [2.05, 4.69) is 10.2 Å². The Bertz CT molecular complexity index is 465. The number of amides is 1. The zero-order valence-corrected chi connectivity index (χ0v) is 11.5. The van der Waals surface area contributed by atoms with E-state index in [1.54, 1.807) is 12.1 Å². The van der Waals surface area contributed by atoms with E-state index in [1.807, 2.05) is 0 Å². The normalized spacial score (nSPS) is 15.8. The topological polar surface area (TPSA) is 69.6 Å². The number of nitrogens with one attached hydrogen (secondary N) is 1. The molecule has 1 saturated heterocycles. The molecule has 20 heavy (non-hydrogen) atoms. The molecule has 1 aromatic rings. The Morgan fingerprint density at radius 3 is 2.25 bits per heavy atom. The number of rotatable bonds is 5. The number of carbonyl (C=O) groups excluding carboxylic acids is 1. The molecular weight excluding hydrogens is 256 g/mol. The molecule has 0 spiro atoms. The summed E-state index contributed by atoms with van der Waals surface area (Å²) in [5.74, 6) is -1.14. The van der Waals surface area contributed by atoms with Crippen molar-refractivity contribution in [3.63, 3.8) is 0 Å². The number of hydrogen-bond donors (Lipinski definition) is 2. The summed E-state index contributed by atoms with van der Waals surface area (Å²) < 4.78 is 0. The van der Waals surface area contributed by atoms with Crippen LogP contribution in [0.25, 0.3) is 0 Å². The lowest BCUT2D eigenvalue weighted by Gasteiger charge is -2.26. The Balaban J connectivity index is 1.77. The first-order valence-electron chi connectivity index (χ1n) is 7.01. The third kappa shape index (κ3) is 4.06. The Kier molecular flexibility index (Phi) is 5.12. The highest BCUT2D eigenvalue weighted by Gasteiger charge is 2.11. The predicted molar refractivity (Wildman–Crippen MR) is 76.0 cm³/mol. The lowest BCUT2D eigenvalue weighted by Crippen LogP contribution is -2.37. The van der Waals surface area contributed by atoms with Crippen molar-refractivity contribution in [3.8, 4) is 0 Å². The molecule has 1 aliphatic rings. The molecule has 0 saturated carbocycles. The van der Waals surface area contributed by atoms with Crippen LogP contribution >= 0.6 is 0 Å². The molecule has 5 nitrogen and oxygen atoms in total. The van der Waals surface area contributed by atoms with Gasteiger partial charge in [-0.2, -0.15) is 0 Å². The first kappa shape index (κ1) is 14.5. The van der Waals surface area contributed by atoms with Crippen molar-refractivity contribution in [1.82, 2.24) is 10.2 Å². The maximum absolute atomic E-state index is 11.9. The van der Waals surface area contributed by atoms with Gasteiger partial charge >= 0.3 is 5.97 Å². The highest BCUT2D eigenvalue weighted by Crippen LogP contribution is 2.07. The molecule has 0 unspecified atom stereocenters. The predicted octanol–water partition coefficient (Wildman–Crippen LogP) is 1.60. The van der Waals surface area contributed by atoms with Crippen LogP contribution < -0.4 is 5.32 Å². The Hall–Kier alpha value is -1.88. The van der Waals surface area contributed by atoms with Gasteiger partial charge in [-0.15, -0.1) is 0 Å². The standard InChI is InChI=1S/C15H20N2O3/c18-14(12-4-6-13(7-5-12)15(19)20)16-8-11-17-9-2-1-3-10-17/h4-7H,1-3,8-11H2,(H,16,18)(H,19,20). The molecular formula is C15H20N2O3. The van der Waals surface area contributed by atoms with Crippen LogP contribution in [-0.2, 0) is 0 Å². The van der Waals surface area contributed by atoms with Crippen LogP contribution in [0.1, 0.15) is 40.0 Å². The van der Waals surface area contributed by atoms with E-state index in [0.717, 1.165) is 19.6 Å². The minimum absolute atomic E-state index is 0.154. The summed E-state index contributed by atoms with van der Waals surface area (Å²) in [4.78, 5) is 25.0. The first-order valence-corrected chi connectivity index (χ1v) is 7.01. The van der Waals surface area contributed by atoms with Gasteiger partial charge in [-0.1, -0.05) is 6.42 Å². The molecule has 0 atom stereocenters. The summed E-state index contributed by atoms with van der Waals surface area (Å²) in [6, 6.07) is 5.98. The lowest BCUT2D eigenvalue weighted by atomic mass is 10.1. The van der Waals surface area contributed by atoms with Crippen LogP contribution in [0, 0.1) is 0 Å². The summed E-state index contributed by atoms with van der Waals surface area (Å²) in [5.41, 5.74) is 0.684. The molecule has 0 aromatic heterocycles. The lowest BCUT2D eigenvalue weighted by molar-refractivity contribution is 0.0696. The fraction of sp³-hybridized carbons (Fsp3) is 0.467. The summed E-state index contributed by atoms with van der Waals surface area (Å²) in [6.45, 7) is 3.73. The van der Waals surface area contributed by atoms with Crippen molar-refractivity contribution in [2.75, 3.05) is 26.2 Å². The third-order valence-corrected chi connectivity index (χ3v) is 3.56. The van der Waals surface area contributed by atoms with E-state index in [-0.39, 0.29) is 11.5 Å². The smallest absolute Gasteiger partial charge is 0.335 e. The highest BCUT2D eigenvalue weighted by atomic mass is 16.4. The minimum Gasteiger partial charge on any atom is -0.478 e. The van der Waals surface area contributed by atoms with E-state index in [1.165, 1.54) is 31.4 Å². The second-order valence-corrected chi connectivity index (χ2v) is 5.04. The largest absolute Gasteiger partial charge is 0.478 e. The van der Waals surface area contributed by atoms with Gasteiger partial charge in [0.2, 0.25) is 0 Å². The second-order valence-electron chi connectivity index (χ2n) is 5.04. The van der Waals surface area contributed by atoms with Crippen molar-refractivity contribution in [2.24, 2.45) is 0 Å². The summed E-state index contributed by atoms with van der Waals surface area (Å²) in [7, 11) is 0. The third-order valence-electron chi connectivity index (χ3n) is 3.56. The Labute approximate surface area is 118 Å². The number of carbonyl (C=O) groups is 2. The molecule has 108 valence electrons. The number of piperidine rings is 1. The number of nitrogens with zero attached hydrogens (tertiary/aromatic N) is 1. The zero-order chi connectivity index (χ0) is 14.4. The Morgan fingerprint density at radius 2 is 1.65 bits per heavy atom. The Morgan fingerprint density at radius 1 is 1.05 bits per heavy atom. The monoisotopic (exact) mass is 276 g/mol. The molecule has 1 aromatic carbocycles. The summed E-state index contributed by atoms with van der Waals surface area (Å²) in [5, 5.41) is 11.7. The van der Waals surface area contributed by atoms with Crippen molar-refractivity contribution in [2.45, 2.75) is 19.3 Å². The zero-order valence-electron chi connectivity index (χ0n) is 11.5. The van der Waals surface area contributed by atoms with E-state index in [4.69, 9.17) is 5.11 Å². The number of carboxylic acids is 1. The number of benzene rings is 1. The van der Waals surface area contributed by atoms with Crippen LogP contribution in [0.15, 0.2) is 24.3 Å². The van der Waals surface area contributed by atoms with Crippen molar-refractivity contribution in [3.05, 3.63) is 35.4 Å². The van der Waals surface area contributed by atoms with Gasteiger partial charge in [-0.25, -0.2) is 4.79 Å². The molecule has 0 bridgehead atoms. The maximum atomic E-state index is 11.9. The molecule has 1 heterocycles. The van der Waals surface area contributed by atoms with Gasteiger partial charge < -0.3 is 15.3 Å². The average molecular weight is 276 g/mol. The van der Waals surface area contributed by atoms with E-state index in [0.29, 0.717) is 12.1 Å². The maximum Gasteiger partial charge on any atom is 0.335 e. The van der Waals surface area contributed by atoms with Gasteiger partial charge in [0.1, 0.15) is 0 Å². The fourth-order valence-corrected chi connectivity index (χ4v) is 2.38. The molecule has 0 aliphatic carbocycles. The van der Waals surface area contributed by atoms with Crippen LogP contribution in [0.4, 0.5) is 0 Å². The molecule has 5 heteroatoms. The van der Waals surface area contributed by atoms with Crippen molar-refractivity contribution in [1.29, 1.82) is 0 Å². The second kappa shape index (κ2) is 7.05. The number of likely N-dealkylation sites (tertiary alicyclic amines) is 1. The van der Waals surface area contributed by atoms with E-state index in [9.17, 15) is 9.59 Å². The first-order chi connectivity index (χ1) is 9.66. The molecule has 1 fully saturated rings. The molecule has 2 rings (SSSR count). The SMILES string of the molecule is O=C(O)c1ccc(C(=O)NCCN2CCCCC2)cc1. The van der Waals surface area contributed by atoms with Crippen molar-refractivity contribution < 1.29 is 14.7 Å². The van der Waals surface area contributed by atoms with E-state index >= 15 is 0 Å². The number of carboxylic acid groups (broad SMARTS) is 1. The van der Waals surface area contributed by atoms with E-state index < -0.39 is 5.97 Å². The summed E-state index contributed by atoms with van der Waals surface area (Å²) >= 11 is 0.